The van der Waals surface area contributed by atoms with Crippen LogP contribution in [0, 0.1) is 0 Å². The van der Waals surface area contributed by atoms with Gasteiger partial charge in [-0.1, -0.05) is 13.8 Å². The van der Waals surface area contributed by atoms with Crippen molar-refractivity contribution in [3.8, 4) is 0 Å². The van der Waals surface area contributed by atoms with Gasteiger partial charge in [0.05, 0.1) is 0 Å². The number of hydrogen-bond acceptors (Lipinski definition) is 5. The molecule has 6 heteroatoms. The number of anilines is 1. The minimum absolute atomic E-state index is 0.121. The van der Waals surface area contributed by atoms with Gasteiger partial charge in [0.25, 0.3) is 0 Å². The van der Waals surface area contributed by atoms with Gasteiger partial charge in [0, 0.05) is 31.4 Å². The van der Waals surface area contributed by atoms with Gasteiger partial charge in [0.1, 0.15) is 0 Å². The van der Waals surface area contributed by atoms with Crippen molar-refractivity contribution in [2.75, 3.05) is 31.5 Å². The summed E-state index contributed by atoms with van der Waals surface area (Å²) in [4.78, 5) is 22.5. The summed E-state index contributed by atoms with van der Waals surface area (Å²) in [7, 11) is 0. The topological polar surface area (TPSA) is 70.2 Å². The highest BCUT2D eigenvalue weighted by atomic mass is 16.1. The van der Waals surface area contributed by atoms with Gasteiger partial charge < -0.3 is 15.5 Å². The van der Waals surface area contributed by atoms with Crippen molar-refractivity contribution in [3.63, 3.8) is 0 Å². The Hall–Kier alpha value is -1.69. The summed E-state index contributed by atoms with van der Waals surface area (Å²) < 4.78 is 0. The quantitative estimate of drug-likeness (QED) is 0.578. The second-order valence-electron chi connectivity index (χ2n) is 5.74. The number of carbonyl (C=O) groups excluding carboxylic acids is 1. The number of rotatable bonds is 12. The molecule has 1 rings (SSSR count). The molecule has 0 aliphatic rings. The third-order valence-electron chi connectivity index (χ3n) is 3.84. The Labute approximate surface area is 140 Å². The molecule has 1 amide bonds. The molecule has 0 unspecified atom stereocenters. The van der Waals surface area contributed by atoms with E-state index in [2.05, 4.69) is 46.3 Å². The summed E-state index contributed by atoms with van der Waals surface area (Å²) in [6, 6.07) is 2.02. The fourth-order valence-electron chi connectivity index (χ4n) is 2.42. The summed E-state index contributed by atoms with van der Waals surface area (Å²) >= 11 is 0. The Morgan fingerprint density at radius 2 is 1.91 bits per heavy atom. The lowest BCUT2D eigenvalue weighted by atomic mass is 10.1. The Balaban J connectivity index is 2.06. The number of carbonyl (C=O) groups is 1. The maximum Gasteiger partial charge on any atom is 0.222 e. The first-order chi connectivity index (χ1) is 11.2. The molecule has 6 nitrogen and oxygen atoms in total. The van der Waals surface area contributed by atoms with Gasteiger partial charge in [-0.05, 0) is 51.9 Å². The van der Waals surface area contributed by atoms with Crippen LogP contribution in [0.2, 0.25) is 0 Å². The first-order valence-electron chi connectivity index (χ1n) is 8.68. The van der Waals surface area contributed by atoms with Gasteiger partial charge >= 0.3 is 0 Å². The number of hydrogen-bond donors (Lipinski definition) is 2. The van der Waals surface area contributed by atoms with Crippen LogP contribution >= 0.6 is 0 Å². The molecule has 0 aromatic carbocycles. The number of nitrogens with one attached hydrogen (secondary N) is 2. The van der Waals surface area contributed by atoms with Crippen LogP contribution in [0.5, 0.6) is 0 Å². The number of nitrogens with zero attached hydrogens (tertiary/aromatic N) is 3. The average molecular weight is 321 g/mol. The normalized spacial score (nSPS) is 12.2. The molecule has 130 valence electrons. The van der Waals surface area contributed by atoms with Crippen LogP contribution in [-0.2, 0) is 4.79 Å². The maximum atomic E-state index is 11.9. The Kier molecular flexibility index (Phi) is 9.95. The first-order valence-corrected chi connectivity index (χ1v) is 8.68. The molecule has 1 aromatic rings. The fraction of sp³-hybridized carbons (Fsp3) is 0.706. The SMILES string of the molecule is CCN(CC)CCC[C@@H](C)NC(=O)CCCNc1ncccn1. The molecule has 0 aliphatic carbocycles. The molecule has 1 heterocycles. The molecule has 0 spiro atoms. The smallest absolute Gasteiger partial charge is 0.222 e. The van der Waals surface area contributed by atoms with Crippen LogP contribution in [0.25, 0.3) is 0 Å². The molecule has 0 aliphatic heterocycles. The third-order valence-corrected chi connectivity index (χ3v) is 3.84. The van der Waals surface area contributed by atoms with E-state index < -0.39 is 0 Å². The van der Waals surface area contributed by atoms with Crippen molar-refractivity contribution in [2.24, 2.45) is 0 Å². The summed E-state index contributed by atoms with van der Waals surface area (Å²) in [5.74, 6) is 0.730. The molecule has 0 fully saturated rings. The standard InChI is InChI=1S/C17H31N5O/c1-4-22(5-2)14-7-9-15(3)21-16(23)10-6-11-18-17-19-12-8-13-20-17/h8,12-13,15H,4-7,9-11,14H2,1-3H3,(H,21,23)(H,18,19,20)/t15-/m1/s1. The predicted octanol–water partition coefficient (Wildman–Crippen LogP) is 2.30. The molecule has 0 saturated heterocycles. The van der Waals surface area contributed by atoms with Gasteiger partial charge in [-0.2, -0.15) is 0 Å². The molecule has 0 bridgehead atoms. The first kappa shape index (κ1) is 19.4. The molecule has 2 N–H and O–H groups in total. The van der Waals surface area contributed by atoms with E-state index >= 15 is 0 Å². The van der Waals surface area contributed by atoms with Gasteiger partial charge in [-0.15, -0.1) is 0 Å². The minimum atomic E-state index is 0.121. The summed E-state index contributed by atoms with van der Waals surface area (Å²) in [5, 5.41) is 6.18. The van der Waals surface area contributed by atoms with Crippen LogP contribution in [0.15, 0.2) is 18.5 Å². The van der Waals surface area contributed by atoms with E-state index in [1.165, 1.54) is 0 Å². The maximum absolute atomic E-state index is 11.9. The van der Waals surface area contributed by atoms with Crippen molar-refractivity contribution in [1.29, 1.82) is 0 Å². The van der Waals surface area contributed by atoms with Crippen molar-refractivity contribution in [3.05, 3.63) is 18.5 Å². The highest BCUT2D eigenvalue weighted by Gasteiger charge is 2.08. The molecular formula is C17H31N5O. The Bertz CT molecular complexity index is 422. The van der Waals surface area contributed by atoms with Crippen LogP contribution in [0.3, 0.4) is 0 Å². The Morgan fingerprint density at radius 3 is 2.57 bits per heavy atom. The fourth-order valence-corrected chi connectivity index (χ4v) is 2.42. The summed E-state index contributed by atoms with van der Waals surface area (Å²) in [5.41, 5.74) is 0. The van der Waals surface area contributed by atoms with E-state index in [-0.39, 0.29) is 11.9 Å². The van der Waals surface area contributed by atoms with Crippen molar-refractivity contribution in [2.45, 2.75) is 52.5 Å². The zero-order chi connectivity index (χ0) is 16.9. The summed E-state index contributed by atoms with van der Waals surface area (Å²) in [6.07, 6.45) is 6.84. The second-order valence-corrected chi connectivity index (χ2v) is 5.74. The van der Waals surface area contributed by atoms with E-state index in [9.17, 15) is 4.79 Å². The zero-order valence-electron chi connectivity index (χ0n) is 14.7. The van der Waals surface area contributed by atoms with Crippen LogP contribution < -0.4 is 10.6 Å². The van der Waals surface area contributed by atoms with Gasteiger partial charge in [0.15, 0.2) is 0 Å². The van der Waals surface area contributed by atoms with E-state index in [0.717, 1.165) is 38.9 Å². The third kappa shape index (κ3) is 9.13. The van der Waals surface area contributed by atoms with Crippen molar-refractivity contribution < 1.29 is 4.79 Å². The molecule has 0 saturated carbocycles. The second kappa shape index (κ2) is 11.8. The largest absolute Gasteiger partial charge is 0.354 e. The number of amides is 1. The van der Waals surface area contributed by atoms with E-state index in [1.54, 1.807) is 18.5 Å². The molecule has 0 radical (unpaired) electrons. The summed E-state index contributed by atoms with van der Waals surface area (Å²) in [6.45, 7) is 10.4. The lowest BCUT2D eigenvalue weighted by Crippen LogP contribution is -2.33. The van der Waals surface area contributed by atoms with E-state index in [1.807, 2.05) is 0 Å². The van der Waals surface area contributed by atoms with Gasteiger partial charge in [-0.3, -0.25) is 4.79 Å². The van der Waals surface area contributed by atoms with E-state index in [0.29, 0.717) is 18.9 Å². The lowest BCUT2D eigenvalue weighted by Gasteiger charge is -2.19. The van der Waals surface area contributed by atoms with Crippen LogP contribution in [0.1, 0.15) is 46.5 Å². The minimum Gasteiger partial charge on any atom is -0.354 e. The predicted molar refractivity (Wildman–Crippen MR) is 94.4 cm³/mol. The van der Waals surface area contributed by atoms with Gasteiger partial charge in [0.2, 0.25) is 11.9 Å². The number of aromatic nitrogens is 2. The van der Waals surface area contributed by atoms with Crippen LogP contribution in [0.4, 0.5) is 5.95 Å². The zero-order valence-corrected chi connectivity index (χ0v) is 14.7. The van der Waals surface area contributed by atoms with Crippen molar-refractivity contribution in [1.82, 2.24) is 20.2 Å². The highest BCUT2D eigenvalue weighted by molar-refractivity contribution is 5.76. The molecule has 23 heavy (non-hydrogen) atoms. The molecule has 1 atom stereocenters. The average Bonchev–Trinajstić information content (AvgIpc) is 2.56. The van der Waals surface area contributed by atoms with Gasteiger partial charge in [-0.25, -0.2) is 9.97 Å². The monoisotopic (exact) mass is 321 g/mol. The molecule has 1 aromatic heterocycles. The van der Waals surface area contributed by atoms with Crippen LogP contribution in [-0.4, -0.2) is 53.0 Å². The van der Waals surface area contributed by atoms with E-state index in [4.69, 9.17) is 0 Å². The molecular weight excluding hydrogens is 290 g/mol. The lowest BCUT2D eigenvalue weighted by molar-refractivity contribution is -0.121. The Morgan fingerprint density at radius 1 is 1.22 bits per heavy atom. The highest BCUT2D eigenvalue weighted by Crippen LogP contribution is 2.01. The van der Waals surface area contributed by atoms with Crippen molar-refractivity contribution >= 4 is 11.9 Å².